The number of nitrogens with one attached hydrogen (secondary N) is 1. The van der Waals surface area contributed by atoms with Crippen molar-refractivity contribution >= 4 is 5.91 Å². The van der Waals surface area contributed by atoms with E-state index in [4.69, 9.17) is 9.47 Å². The number of benzene rings is 1. The van der Waals surface area contributed by atoms with Crippen LogP contribution in [0.1, 0.15) is 23.1 Å². The summed E-state index contributed by atoms with van der Waals surface area (Å²) in [5.74, 6) is -0.00148. The predicted octanol–water partition coefficient (Wildman–Crippen LogP) is 0.879. The van der Waals surface area contributed by atoms with E-state index in [2.05, 4.69) is 37.4 Å². The van der Waals surface area contributed by atoms with Crippen molar-refractivity contribution in [3.63, 3.8) is 0 Å². The van der Waals surface area contributed by atoms with Crippen molar-refractivity contribution < 1.29 is 19.4 Å². The summed E-state index contributed by atoms with van der Waals surface area (Å²) < 4.78 is 11.0. The van der Waals surface area contributed by atoms with Crippen LogP contribution in [0.3, 0.4) is 0 Å². The first-order valence-corrected chi connectivity index (χ1v) is 7.81. The topological polar surface area (TPSA) is 67.8 Å². The fraction of sp³-hybridized carbons (Fsp3) is 0.588. The molecule has 3 rings (SSSR count). The third-order valence-corrected chi connectivity index (χ3v) is 4.30. The molecule has 2 saturated heterocycles. The van der Waals surface area contributed by atoms with Gasteiger partial charge in [0.05, 0.1) is 19.3 Å². The van der Waals surface area contributed by atoms with Gasteiger partial charge >= 0.3 is 0 Å². The number of amides is 1. The molecule has 0 saturated carbocycles. The molecule has 4 atom stereocenters. The van der Waals surface area contributed by atoms with Crippen LogP contribution < -0.4 is 5.32 Å². The molecule has 2 N–H and O–H groups in total. The first-order valence-electron chi connectivity index (χ1n) is 7.81. The van der Waals surface area contributed by atoms with Gasteiger partial charge in [-0.2, -0.15) is 0 Å². The molecule has 0 bridgehead atoms. The summed E-state index contributed by atoms with van der Waals surface area (Å²) in [6.45, 7) is 4.82. The van der Waals surface area contributed by atoms with Crippen LogP contribution in [0.25, 0.3) is 0 Å². The Hall–Kier alpha value is -1.43. The second kappa shape index (κ2) is 6.36. The monoisotopic (exact) mass is 305 g/mol. The van der Waals surface area contributed by atoms with E-state index in [1.54, 1.807) is 0 Å². The van der Waals surface area contributed by atoms with Crippen molar-refractivity contribution in [1.29, 1.82) is 0 Å². The van der Waals surface area contributed by atoms with Crippen molar-refractivity contribution in [3.8, 4) is 0 Å². The third kappa shape index (κ3) is 3.32. The largest absolute Gasteiger partial charge is 0.388 e. The van der Waals surface area contributed by atoms with E-state index in [-0.39, 0.29) is 30.8 Å². The minimum absolute atomic E-state index is 0.00148. The van der Waals surface area contributed by atoms with Gasteiger partial charge in [0.1, 0.15) is 18.3 Å². The standard InChI is InChI=1S/C17H23NO4/c1-10-5-11(2)7-12(6-10)3-4-15(20)18-13-8-21-17-14(19)9-22-16(13)17/h5-7,13-14,16-17,19H,3-4,8-9H2,1-2H3,(H,18,20)/t13-,14-,16+,17+/m0/s1. The van der Waals surface area contributed by atoms with Gasteiger partial charge in [0.2, 0.25) is 5.91 Å². The molecule has 2 fully saturated rings. The molecule has 22 heavy (non-hydrogen) atoms. The molecule has 0 radical (unpaired) electrons. The zero-order valence-corrected chi connectivity index (χ0v) is 13.0. The molecule has 0 spiro atoms. The lowest BCUT2D eigenvalue weighted by molar-refractivity contribution is -0.122. The second-order valence-electron chi connectivity index (χ2n) is 6.33. The number of ether oxygens (including phenoxy) is 2. The van der Waals surface area contributed by atoms with Gasteiger partial charge in [-0.05, 0) is 25.8 Å². The lowest BCUT2D eigenvalue weighted by Gasteiger charge is -2.17. The maximum absolute atomic E-state index is 12.1. The number of hydrogen-bond donors (Lipinski definition) is 2. The van der Waals surface area contributed by atoms with Gasteiger partial charge in [-0.1, -0.05) is 29.3 Å². The van der Waals surface area contributed by atoms with Crippen molar-refractivity contribution in [3.05, 3.63) is 34.9 Å². The fourth-order valence-electron chi connectivity index (χ4n) is 3.35. The average molecular weight is 305 g/mol. The Kier molecular flexibility index (Phi) is 4.47. The fourth-order valence-corrected chi connectivity index (χ4v) is 3.35. The highest BCUT2D eigenvalue weighted by molar-refractivity contribution is 5.76. The van der Waals surface area contributed by atoms with Crippen LogP contribution in [0.15, 0.2) is 18.2 Å². The van der Waals surface area contributed by atoms with E-state index in [1.807, 2.05) is 0 Å². The van der Waals surface area contributed by atoms with Gasteiger partial charge in [0.15, 0.2) is 0 Å². The summed E-state index contributed by atoms with van der Waals surface area (Å²) in [4.78, 5) is 12.1. The van der Waals surface area contributed by atoms with Crippen LogP contribution in [0, 0.1) is 13.8 Å². The quantitative estimate of drug-likeness (QED) is 0.866. The van der Waals surface area contributed by atoms with Gasteiger partial charge in [-0.3, -0.25) is 4.79 Å². The summed E-state index contributed by atoms with van der Waals surface area (Å²) in [7, 11) is 0. The number of carbonyl (C=O) groups is 1. The first kappa shape index (κ1) is 15.5. The summed E-state index contributed by atoms with van der Waals surface area (Å²) >= 11 is 0. The molecule has 1 aromatic rings. The molecule has 1 amide bonds. The maximum atomic E-state index is 12.1. The number of aliphatic hydroxyl groups excluding tert-OH is 1. The Labute approximate surface area is 130 Å². The Balaban J connectivity index is 1.51. The first-order chi connectivity index (χ1) is 10.5. The van der Waals surface area contributed by atoms with Crippen molar-refractivity contribution in [1.82, 2.24) is 5.32 Å². The molecule has 2 heterocycles. The molecule has 1 aromatic carbocycles. The lowest BCUT2D eigenvalue weighted by Crippen LogP contribution is -2.44. The van der Waals surface area contributed by atoms with E-state index in [0.29, 0.717) is 13.0 Å². The predicted molar refractivity (Wildman–Crippen MR) is 81.7 cm³/mol. The summed E-state index contributed by atoms with van der Waals surface area (Å²) in [6, 6.07) is 6.20. The number of aryl methyl sites for hydroxylation is 3. The number of rotatable bonds is 4. The Morgan fingerprint density at radius 3 is 2.59 bits per heavy atom. The number of carbonyl (C=O) groups excluding carboxylic acids is 1. The number of fused-ring (bicyclic) bond motifs is 1. The average Bonchev–Trinajstić information content (AvgIpc) is 3.00. The van der Waals surface area contributed by atoms with Gasteiger partial charge in [0.25, 0.3) is 0 Å². The van der Waals surface area contributed by atoms with Crippen molar-refractivity contribution in [2.24, 2.45) is 0 Å². The molecule has 120 valence electrons. The second-order valence-corrected chi connectivity index (χ2v) is 6.33. The van der Waals surface area contributed by atoms with E-state index < -0.39 is 6.10 Å². The Morgan fingerprint density at radius 2 is 1.86 bits per heavy atom. The summed E-state index contributed by atoms with van der Waals surface area (Å²) in [5, 5.41) is 12.7. The highest BCUT2D eigenvalue weighted by Crippen LogP contribution is 2.27. The van der Waals surface area contributed by atoms with E-state index in [1.165, 1.54) is 16.7 Å². The van der Waals surface area contributed by atoms with Crippen molar-refractivity contribution in [2.45, 2.75) is 51.0 Å². The molecule has 0 aliphatic carbocycles. The van der Waals surface area contributed by atoms with Crippen LogP contribution in [0.5, 0.6) is 0 Å². The Bertz CT molecular complexity index is 539. The highest BCUT2D eigenvalue weighted by atomic mass is 16.6. The zero-order valence-electron chi connectivity index (χ0n) is 13.0. The lowest BCUT2D eigenvalue weighted by atomic mass is 10.0. The van der Waals surface area contributed by atoms with Crippen molar-refractivity contribution in [2.75, 3.05) is 13.2 Å². The van der Waals surface area contributed by atoms with Gasteiger partial charge in [-0.25, -0.2) is 0 Å². The van der Waals surface area contributed by atoms with E-state index >= 15 is 0 Å². The molecule has 0 unspecified atom stereocenters. The maximum Gasteiger partial charge on any atom is 0.220 e. The molecule has 5 nitrogen and oxygen atoms in total. The summed E-state index contributed by atoms with van der Waals surface area (Å²) in [5.41, 5.74) is 3.62. The van der Waals surface area contributed by atoms with E-state index in [0.717, 1.165) is 6.42 Å². The molecule has 5 heteroatoms. The molecule has 2 aliphatic heterocycles. The van der Waals surface area contributed by atoms with Gasteiger partial charge < -0.3 is 19.9 Å². The molecular formula is C17H23NO4. The summed E-state index contributed by atoms with van der Waals surface area (Å²) in [6.07, 6.45) is 0.0609. The SMILES string of the molecule is Cc1cc(C)cc(CCC(=O)N[C@H]2CO[C@H]3[C@@H]2OC[C@@H]3O)c1. The van der Waals surface area contributed by atoms with Crippen LogP contribution in [-0.2, 0) is 20.7 Å². The zero-order chi connectivity index (χ0) is 15.7. The minimum atomic E-state index is -0.581. The Morgan fingerprint density at radius 1 is 1.18 bits per heavy atom. The van der Waals surface area contributed by atoms with Gasteiger partial charge in [-0.15, -0.1) is 0 Å². The number of aliphatic hydroxyl groups is 1. The molecule has 0 aromatic heterocycles. The van der Waals surface area contributed by atoms with E-state index in [9.17, 15) is 9.90 Å². The van der Waals surface area contributed by atoms with Crippen LogP contribution in [0.2, 0.25) is 0 Å². The van der Waals surface area contributed by atoms with Gasteiger partial charge in [0, 0.05) is 6.42 Å². The highest BCUT2D eigenvalue weighted by Gasteiger charge is 2.47. The van der Waals surface area contributed by atoms with Crippen LogP contribution in [-0.4, -0.2) is 48.6 Å². The van der Waals surface area contributed by atoms with Crippen LogP contribution in [0.4, 0.5) is 0 Å². The smallest absolute Gasteiger partial charge is 0.220 e. The minimum Gasteiger partial charge on any atom is -0.388 e. The molecule has 2 aliphatic rings. The van der Waals surface area contributed by atoms with Crippen LogP contribution >= 0.6 is 0 Å². The normalized spacial score (nSPS) is 30.3. The molecular weight excluding hydrogens is 282 g/mol. The third-order valence-electron chi connectivity index (χ3n) is 4.30. The number of hydrogen-bond acceptors (Lipinski definition) is 4.